The van der Waals surface area contributed by atoms with Gasteiger partial charge in [-0.3, -0.25) is 4.79 Å². The van der Waals surface area contributed by atoms with Crippen molar-refractivity contribution in [2.24, 2.45) is 0 Å². The van der Waals surface area contributed by atoms with E-state index in [-0.39, 0.29) is 5.91 Å². The van der Waals surface area contributed by atoms with E-state index >= 15 is 0 Å². The summed E-state index contributed by atoms with van der Waals surface area (Å²) in [6, 6.07) is 7.35. The molecule has 0 saturated carbocycles. The predicted molar refractivity (Wildman–Crippen MR) is 62.7 cm³/mol. The zero-order chi connectivity index (χ0) is 11.3. The number of rotatable bonds is 4. The lowest BCUT2D eigenvalue weighted by Gasteiger charge is -2.15. The molecule has 0 aromatic heterocycles. The van der Waals surface area contributed by atoms with Gasteiger partial charge in [0.05, 0.1) is 6.54 Å². The molecule has 0 bridgehead atoms. The summed E-state index contributed by atoms with van der Waals surface area (Å²) in [5.41, 5.74) is 7.18. The second-order valence-electron chi connectivity index (χ2n) is 3.39. The molecule has 0 spiro atoms. The normalized spacial score (nSPS) is 9.73. The van der Waals surface area contributed by atoms with Crippen molar-refractivity contribution in [1.29, 1.82) is 0 Å². The third-order valence-corrected chi connectivity index (χ3v) is 2.23. The highest BCUT2D eigenvalue weighted by Gasteiger charge is 2.05. The van der Waals surface area contributed by atoms with Gasteiger partial charge in [-0.05, 0) is 25.1 Å². The number of benzene rings is 1. The van der Waals surface area contributed by atoms with Crippen molar-refractivity contribution >= 4 is 17.3 Å². The van der Waals surface area contributed by atoms with Crippen molar-refractivity contribution in [2.45, 2.75) is 6.92 Å². The molecule has 4 nitrogen and oxygen atoms in total. The summed E-state index contributed by atoms with van der Waals surface area (Å²) in [7, 11) is 1.78. The second kappa shape index (κ2) is 5.24. The topological polar surface area (TPSA) is 58.4 Å². The van der Waals surface area contributed by atoms with Crippen LogP contribution in [0.5, 0.6) is 0 Å². The first-order valence-electron chi connectivity index (χ1n) is 4.97. The fraction of sp³-hybridized carbons (Fsp3) is 0.364. The Morgan fingerprint density at radius 3 is 2.87 bits per heavy atom. The zero-order valence-electron chi connectivity index (χ0n) is 9.16. The van der Waals surface area contributed by atoms with E-state index in [2.05, 4.69) is 5.32 Å². The van der Waals surface area contributed by atoms with Crippen LogP contribution in [0.15, 0.2) is 24.3 Å². The molecule has 0 aliphatic heterocycles. The Kier molecular flexibility index (Phi) is 3.97. The molecule has 4 heteroatoms. The first-order valence-corrected chi connectivity index (χ1v) is 4.97. The van der Waals surface area contributed by atoms with Crippen LogP contribution in [0.25, 0.3) is 0 Å². The lowest BCUT2D eigenvalue weighted by Crippen LogP contribution is -2.31. The van der Waals surface area contributed by atoms with Gasteiger partial charge in [0.25, 0.3) is 0 Å². The largest absolute Gasteiger partial charge is 0.399 e. The molecular formula is C11H17N3O. The Hall–Kier alpha value is -1.71. The number of amides is 1. The predicted octanol–water partition coefficient (Wildman–Crippen LogP) is 1.16. The van der Waals surface area contributed by atoms with Crippen LogP contribution in [0.3, 0.4) is 0 Å². The van der Waals surface area contributed by atoms with E-state index in [1.54, 1.807) is 18.0 Å². The van der Waals surface area contributed by atoms with Gasteiger partial charge in [0.1, 0.15) is 0 Å². The number of anilines is 2. The Morgan fingerprint density at radius 1 is 1.53 bits per heavy atom. The Morgan fingerprint density at radius 2 is 2.27 bits per heavy atom. The highest BCUT2D eigenvalue weighted by atomic mass is 16.2. The highest BCUT2D eigenvalue weighted by molar-refractivity contribution is 5.80. The first kappa shape index (κ1) is 11.4. The number of carbonyl (C=O) groups is 1. The van der Waals surface area contributed by atoms with E-state index < -0.39 is 0 Å². The van der Waals surface area contributed by atoms with Crippen LogP contribution in [-0.4, -0.2) is 30.9 Å². The van der Waals surface area contributed by atoms with E-state index in [0.29, 0.717) is 12.2 Å². The van der Waals surface area contributed by atoms with Gasteiger partial charge >= 0.3 is 0 Å². The first-order chi connectivity index (χ1) is 7.13. The minimum atomic E-state index is 0.0694. The highest BCUT2D eigenvalue weighted by Crippen LogP contribution is 2.11. The lowest BCUT2D eigenvalue weighted by molar-refractivity contribution is -0.127. The minimum absolute atomic E-state index is 0.0694. The van der Waals surface area contributed by atoms with Gasteiger partial charge in [0.2, 0.25) is 5.91 Å². The molecule has 0 fully saturated rings. The molecule has 15 heavy (non-hydrogen) atoms. The maximum atomic E-state index is 11.5. The van der Waals surface area contributed by atoms with E-state index in [1.807, 2.05) is 25.1 Å². The summed E-state index contributed by atoms with van der Waals surface area (Å²) < 4.78 is 0. The molecule has 1 rings (SSSR count). The maximum absolute atomic E-state index is 11.5. The molecule has 1 aromatic rings. The lowest BCUT2D eigenvalue weighted by atomic mass is 10.3. The Labute approximate surface area is 90.1 Å². The minimum Gasteiger partial charge on any atom is -0.399 e. The van der Waals surface area contributed by atoms with Crippen molar-refractivity contribution < 1.29 is 4.79 Å². The number of nitrogens with one attached hydrogen (secondary N) is 1. The monoisotopic (exact) mass is 207 g/mol. The molecule has 0 saturated heterocycles. The quantitative estimate of drug-likeness (QED) is 0.728. The van der Waals surface area contributed by atoms with Gasteiger partial charge in [-0.2, -0.15) is 0 Å². The average Bonchev–Trinajstić information content (AvgIpc) is 2.25. The third kappa shape index (κ3) is 3.50. The summed E-state index contributed by atoms with van der Waals surface area (Å²) in [5.74, 6) is 0.0694. The van der Waals surface area contributed by atoms with E-state index in [4.69, 9.17) is 5.73 Å². The second-order valence-corrected chi connectivity index (χ2v) is 3.39. The summed E-state index contributed by atoms with van der Waals surface area (Å²) in [6.07, 6.45) is 0. The fourth-order valence-electron chi connectivity index (χ4n) is 1.14. The maximum Gasteiger partial charge on any atom is 0.241 e. The molecule has 0 aliphatic carbocycles. The number of likely N-dealkylation sites (N-methyl/N-ethyl adjacent to an activating group) is 1. The van der Waals surface area contributed by atoms with Crippen molar-refractivity contribution in [2.75, 3.05) is 31.2 Å². The smallest absolute Gasteiger partial charge is 0.241 e. The molecular weight excluding hydrogens is 190 g/mol. The standard InChI is InChI=1S/C11H17N3O/c1-3-14(2)11(15)8-13-10-6-4-5-9(12)7-10/h4-7,13H,3,8,12H2,1-2H3. The van der Waals surface area contributed by atoms with Gasteiger partial charge < -0.3 is 16.0 Å². The molecule has 82 valence electrons. The summed E-state index contributed by atoms with van der Waals surface area (Å²) in [4.78, 5) is 13.1. The summed E-state index contributed by atoms with van der Waals surface area (Å²) >= 11 is 0. The number of nitrogen functional groups attached to an aromatic ring is 1. The molecule has 0 heterocycles. The Bertz CT molecular complexity index is 338. The van der Waals surface area contributed by atoms with Crippen LogP contribution in [-0.2, 0) is 4.79 Å². The van der Waals surface area contributed by atoms with Gasteiger partial charge in [0, 0.05) is 25.0 Å². The van der Waals surface area contributed by atoms with Crippen LogP contribution in [0.1, 0.15) is 6.92 Å². The number of nitrogens with zero attached hydrogens (tertiary/aromatic N) is 1. The SMILES string of the molecule is CCN(C)C(=O)CNc1cccc(N)c1. The molecule has 1 aromatic carbocycles. The van der Waals surface area contributed by atoms with Gasteiger partial charge in [-0.15, -0.1) is 0 Å². The van der Waals surface area contributed by atoms with Crippen LogP contribution in [0.4, 0.5) is 11.4 Å². The molecule has 0 radical (unpaired) electrons. The molecule has 0 aliphatic rings. The Balaban J connectivity index is 2.47. The zero-order valence-corrected chi connectivity index (χ0v) is 9.16. The average molecular weight is 207 g/mol. The molecule has 0 unspecified atom stereocenters. The van der Waals surface area contributed by atoms with Crippen molar-refractivity contribution in [1.82, 2.24) is 4.90 Å². The third-order valence-electron chi connectivity index (χ3n) is 2.23. The van der Waals surface area contributed by atoms with Crippen molar-refractivity contribution in [3.05, 3.63) is 24.3 Å². The van der Waals surface area contributed by atoms with E-state index in [1.165, 1.54) is 0 Å². The number of carbonyl (C=O) groups excluding carboxylic acids is 1. The van der Waals surface area contributed by atoms with Crippen LogP contribution < -0.4 is 11.1 Å². The van der Waals surface area contributed by atoms with Gasteiger partial charge in [0.15, 0.2) is 0 Å². The van der Waals surface area contributed by atoms with Gasteiger partial charge in [-0.1, -0.05) is 6.07 Å². The number of nitrogens with two attached hydrogens (primary N) is 1. The molecule has 1 amide bonds. The van der Waals surface area contributed by atoms with E-state index in [0.717, 1.165) is 12.2 Å². The van der Waals surface area contributed by atoms with Crippen molar-refractivity contribution in [3.63, 3.8) is 0 Å². The van der Waals surface area contributed by atoms with Crippen LogP contribution >= 0.6 is 0 Å². The molecule has 0 atom stereocenters. The molecule has 3 N–H and O–H groups in total. The fourth-order valence-corrected chi connectivity index (χ4v) is 1.14. The van der Waals surface area contributed by atoms with Crippen LogP contribution in [0.2, 0.25) is 0 Å². The van der Waals surface area contributed by atoms with Crippen LogP contribution in [0, 0.1) is 0 Å². The van der Waals surface area contributed by atoms with Gasteiger partial charge in [-0.25, -0.2) is 0 Å². The van der Waals surface area contributed by atoms with Crippen molar-refractivity contribution in [3.8, 4) is 0 Å². The number of hydrogen-bond donors (Lipinski definition) is 2. The summed E-state index contributed by atoms with van der Waals surface area (Å²) in [5, 5.41) is 3.03. The summed E-state index contributed by atoms with van der Waals surface area (Å²) in [6.45, 7) is 2.96. The number of hydrogen-bond acceptors (Lipinski definition) is 3. The van der Waals surface area contributed by atoms with E-state index in [9.17, 15) is 4.79 Å².